The van der Waals surface area contributed by atoms with Crippen molar-refractivity contribution in [3.05, 3.63) is 42.0 Å². The van der Waals surface area contributed by atoms with E-state index in [2.05, 4.69) is 19.1 Å². The predicted molar refractivity (Wildman–Crippen MR) is 106 cm³/mol. The zero-order chi connectivity index (χ0) is 16.5. The van der Waals surface area contributed by atoms with Gasteiger partial charge in [0.2, 0.25) is 0 Å². The molecule has 128 valence electrons. The van der Waals surface area contributed by atoms with Gasteiger partial charge in [-0.3, -0.25) is 0 Å². The number of hydrogen-bond acceptors (Lipinski definition) is 1. The number of hydrogen-bond donors (Lipinski definition) is 1. The summed E-state index contributed by atoms with van der Waals surface area (Å²) in [5.74, 6) is 0. The first-order chi connectivity index (χ1) is 11.2. The van der Waals surface area contributed by atoms with Gasteiger partial charge in [0.25, 0.3) is 0 Å². The Hall–Kier alpha value is -0.190. The van der Waals surface area contributed by atoms with Crippen LogP contribution in [-0.2, 0) is 17.5 Å². The summed E-state index contributed by atoms with van der Waals surface area (Å²) in [7, 11) is 0. The van der Waals surface area contributed by atoms with Gasteiger partial charge in [0.1, 0.15) is 0 Å². The Morgan fingerprint density at radius 3 is 2.08 bits per heavy atom. The van der Waals surface area contributed by atoms with Gasteiger partial charge in [-0.25, -0.2) is 4.21 Å². The monoisotopic (exact) mass is 356 g/mol. The third-order valence-electron chi connectivity index (χ3n) is 4.46. The molecule has 0 saturated heterocycles. The molecule has 2 aromatic rings. The molecular formula is C20H29NaO2S. The van der Waals surface area contributed by atoms with Gasteiger partial charge in [-0.2, -0.15) is 0 Å². The fourth-order valence-electron chi connectivity index (χ4n) is 3.17. The van der Waals surface area contributed by atoms with Crippen molar-refractivity contribution in [2.24, 2.45) is 0 Å². The van der Waals surface area contributed by atoms with Crippen LogP contribution >= 0.6 is 0 Å². The molecule has 0 aliphatic rings. The molecule has 1 N–H and O–H groups in total. The molecule has 1 atom stereocenters. The van der Waals surface area contributed by atoms with Crippen molar-refractivity contribution < 1.29 is 8.76 Å². The summed E-state index contributed by atoms with van der Waals surface area (Å²) < 4.78 is 20.9. The first-order valence-corrected chi connectivity index (χ1v) is 9.96. The van der Waals surface area contributed by atoms with E-state index in [4.69, 9.17) is 0 Å². The van der Waals surface area contributed by atoms with Crippen LogP contribution in [-0.4, -0.2) is 38.3 Å². The zero-order valence-corrected chi connectivity index (χ0v) is 14.9. The predicted octanol–water partition coefficient (Wildman–Crippen LogP) is 5.46. The molecule has 0 radical (unpaired) electrons. The molecule has 0 bridgehead atoms. The van der Waals surface area contributed by atoms with Gasteiger partial charge in [0.15, 0.2) is 11.1 Å². The topological polar surface area (TPSA) is 37.3 Å². The van der Waals surface area contributed by atoms with Gasteiger partial charge in [0.05, 0.1) is 4.90 Å². The normalized spacial score (nSPS) is 12.1. The minimum absolute atomic E-state index is 0. The standard InChI is InChI=1S/C20H28O2S.Na.H/c1-2-3-4-5-6-7-8-9-12-17-13-10-15-19-18(17)14-11-16-20(19)23(21)22;;/h10-11,13-16H,2-9,12H2,1H3,(H,21,22);;. The van der Waals surface area contributed by atoms with Crippen molar-refractivity contribution in [1.82, 2.24) is 0 Å². The Bertz CT molecular complexity index is 643. The third kappa shape index (κ3) is 6.61. The van der Waals surface area contributed by atoms with Gasteiger partial charge in [-0.05, 0) is 29.9 Å². The first kappa shape index (κ1) is 21.9. The van der Waals surface area contributed by atoms with Crippen LogP contribution in [0.3, 0.4) is 0 Å². The molecule has 0 aliphatic heterocycles. The van der Waals surface area contributed by atoms with Gasteiger partial charge in [-0.1, -0.05) is 82.2 Å². The number of aryl methyl sites for hydroxylation is 1. The van der Waals surface area contributed by atoms with Crippen LogP contribution < -0.4 is 0 Å². The molecule has 0 fully saturated rings. The third-order valence-corrected chi connectivity index (χ3v) is 5.19. The average molecular weight is 357 g/mol. The van der Waals surface area contributed by atoms with E-state index in [9.17, 15) is 8.76 Å². The maximum atomic E-state index is 11.4. The SMILES string of the molecule is CCCCCCCCCCc1cccc2c(S(=O)O)cccc12.[NaH]. The number of unbranched alkanes of at least 4 members (excludes halogenated alkanes) is 7. The fourth-order valence-corrected chi connectivity index (χ4v) is 3.73. The maximum absolute atomic E-state index is 11.4. The van der Waals surface area contributed by atoms with E-state index < -0.39 is 11.1 Å². The van der Waals surface area contributed by atoms with Crippen LogP contribution in [0.2, 0.25) is 0 Å². The summed E-state index contributed by atoms with van der Waals surface area (Å²) in [5, 5.41) is 2.03. The fraction of sp³-hybridized carbons (Fsp3) is 0.500. The van der Waals surface area contributed by atoms with Crippen molar-refractivity contribution in [2.75, 3.05) is 0 Å². The average Bonchev–Trinajstić information content (AvgIpc) is 2.56. The van der Waals surface area contributed by atoms with Crippen LogP contribution in [0.15, 0.2) is 41.3 Å². The molecule has 2 rings (SSSR count). The van der Waals surface area contributed by atoms with Gasteiger partial charge in [0, 0.05) is 5.39 Å². The van der Waals surface area contributed by atoms with E-state index >= 15 is 0 Å². The van der Waals surface area contributed by atoms with Gasteiger partial charge >= 0.3 is 29.6 Å². The molecule has 0 aromatic heterocycles. The minimum atomic E-state index is -1.92. The second-order valence-corrected chi connectivity index (χ2v) is 7.18. The molecule has 0 spiro atoms. The van der Waals surface area contributed by atoms with Gasteiger partial charge in [-0.15, -0.1) is 0 Å². The number of benzene rings is 2. The van der Waals surface area contributed by atoms with E-state index in [1.54, 1.807) is 6.07 Å². The summed E-state index contributed by atoms with van der Waals surface area (Å²) in [6.07, 6.45) is 11.6. The zero-order valence-electron chi connectivity index (χ0n) is 14.1. The summed E-state index contributed by atoms with van der Waals surface area (Å²) in [6, 6.07) is 11.8. The molecule has 0 aliphatic carbocycles. The molecule has 1 unspecified atom stereocenters. The van der Waals surface area contributed by atoms with Crippen molar-refractivity contribution in [2.45, 2.75) is 69.6 Å². The molecule has 0 heterocycles. The van der Waals surface area contributed by atoms with E-state index in [-0.39, 0.29) is 29.6 Å². The van der Waals surface area contributed by atoms with Crippen LogP contribution in [0.5, 0.6) is 0 Å². The molecule has 0 amide bonds. The van der Waals surface area contributed by atoms with Crippen molar-refractivity contribution in [3.8, 4) is 0 Å². The number of rotatable bonds is 10. The Kier molecular flexibility index (Phi) is 11.1. The van der Waals surface area contributed by atoms with Crippen molar-refractivity contribution in [1.29, 1.82) is 0 Å². The quantitative estimate of drug-likeness (QED) is 0.349. The summed E-state index contributed by atoms with van der Waals surface area (Å²) >= 11 is -1.92. The van der Waals surface area contributed by atoms with Crippen LogP contribution in [0.1, 0.15) is 63.9 Å². The molecule has 2 nitrogen and oxygen atoms in total. The summed E-state index contributed by atoms with van der Waals surface area (Å²) in [4.78, 5) is 0.514. The Balaban J connectivity index is 0.00000288. The van der Waals surface area contributed by atoms with Crippen molar-refractivity contribution >= 4 is 51.4 Å². The van der Waals surface area contributed by atoms with E-state index in [0.29, 0.717) is 4.90 Å². The summed E-state index contributed by atoms with van der Waals surface area (Å²) in [6.45, 7) is 2.25. The Labute approximate surface area is 171 Å². The molecule has 2 aromatic carbocycles. The van der Waals surface area contributed by atoms with E-state index in [0.717, 1.165) is 17.2 Å². The molecular weight excluding hydrogens is 327 g/mol. The van der Waals surface area contributed by atoms with Crippen LogP contribution in [0.25, 0.3) is 10.8 Å². The van der Waals surface area contributed by atoms with Gasteiger partial charge < -0.3 is 4.55 Å². The van der Waals surface area contributed by atoms with Crippen LogP contribution in [0.4, 0.5) is 0 Å². The van der Waals surface area contributed by atoms with E-state index in [1.807, 2.05) is 18.2 Å². The van der Waals surface area contributed by atoms with E-state index in [1.165, 1.54) is 56.9 Å². The second kappa shape index (κ2) is 12.2. The molecule has 0 saturated carbocycles. The summed E-state index contributed by atoms with van der Waals surface area (Å²) in [5.41, 5.74) is 1.29. The van der Waals surface area contributed by atoms with Crippen molar-refractivity contribution in [3.63, 3.8) is 0 Å². The number of fused-ring (bicyclic) bond motifs is 1. The Morgan fingerprint density at radius 2 is 1.42 bits per heavy atom. The van der Waals surface area contributed by atoms with Crippen LogP contribution in [0, 0.1) is 0 Å². The molecule has 4 heteroatoms. The second-order valence-electron chi connectivity index (χ2n) is 6.24. The molecule has 24 heavy (non-hydrogen) atoms. The first-order valence-electron chi connectivity index (χ1n) is 8.85. The Morgan fingerprint density at radius 1 is 0.833 bits per heavy atom.